The number of benzene rings is 1. The number of nitrogens with one attached hydrogen (secondary N) is 1. The van der Waals surface area contributed by atoms with Crippen LogP contribution in [0.4, 0.5) is 10.2 Å². The molecule has 0 atom stereocenters. The van der Waals surface area contributed by atoms with Gasteiger partial charge in [-0.25, -0.2) is 13.9 Å². The molecule has 0 fully saturated rings. The highest BCUT2D eigenvalue weighted by Crippen LogP contribution is 2.20. The number of aryl methyl sites for hydroxylation is 1. The molecule has 0 amide bonds. The van der Waals surface area contributed by atoms with Crippen LogP contribution in [-0.2, 0) is 12.3 Å². The van der Waals surface area contributed by atoms with Gasteiger partial charge in [0.15, 0.2) is 5.82 Å². The second kappa shape index (κ2) is 6.36. The quantitative estimate of drug-likeness (QED) is 0.780. The first-order valence-corrected chi connectivity index (χ1v) is 8.38. The Kier molecular flexibility index (Phi) is 4.29. The Morgan fingerprint density at radius 3 is 2.95 bits per heavy atom. The lowest BCUT2D eigenvalue weighted by Crippen LogP contribution is -2.06. The molecule has 2 heterocycles. The number of thioether (sulfide) groups is 1. The molecule has 3 rings (SSSR count). The molecule has 0 saturated carbocycles. The maximum absolute atomic E-state index is 13.4. The maximum Gasteiger partial charge on any atom is 0.152 e. The fourth-order valence-corrected chi connectivity index (χ4v) is 3.00. The SMILES string of the molecule is CSCc1cc(F)ccc1CNc1nccn2nc(C)cc12. The van der Waals surface area contributed by atoms with Crippen molar-refractivity contribution in [3.8, 4) is 0 Å². The predicted molar refractivity (Wildman–Crippen MR) is 88.7 cm³/mol. The van der Waals surface area contributed by atoms with E-state index in [2.05, 4.69) is 15.4 Å². The molecule has 0 aliphatic carbocycles. The van der Waals surface area contributed by atoms with E-state index in [-0.39, 0.29) is 5.82 Å². The highest BCUT2D eigenvalue weighted by Gasteiger charge is 2.08. The molecule has 1 aromatic carbocycles. The van der Waals surface area contributed by atoms with Crippen LogP contribution in [0.15, 0.2) is 36.7 Å². The van der Waals surface area contributed by atoms with Crippen LogP contribution >= 0.6 is 11.8 Å². The van der Waals surface area contributed by atoms with Crippen LogP contribution in [0.1, 0.15) is 16.8 Å². The lowest BCUT2D eigenvalue weighted by atomic mass is 10.1. The zero-order valence-electron chi connectivity index (χ0n) is 12.5. The maximum atomic E-state index is 13.4. The van der Waals surface area contributed by atoms with Crippen molar-refractivity contribution in [2.24, 2.45) is 0 Å². The molecular formula is C16H17FN4S. The van der Waals surface area contributed by atoms with E-state index in [4.69, 9.17) is 0 Å². The summed E-state index contributed by atoms with van der Waals surface area (Å²) in [5.74, 6) is 1.38. The molecule has 0 saturated heterocycles. The number of fused-ring (bicyclic) bond motifs is 1. The van der Waals surface area contributed by atoms with Crippen LogP contribution in [0, 0.1) is 12.7 Å². The molecule has 3 aromatic rings. The van der Waals surface area contributed by atoms with E-state index in [9.17, 15) is 4.39 Å². The van der Waals surface area contributed by atoms with Crippen LogP contribution in [-0.4, -0.2) is 20.9 Å². The third-order valence-corrected chi connectivity index (χ3v) is 4.03. The third-order valence-electron chi connectivity index (χ3n) is 3.43. The number of hydrogen-bond acceptors (Lipinski definition) is 4. The molecule has 0 bridgehead atoms. The van der Waals surface area contributed by atoms with Gasteiger partial charge in [-0.2, -0.15) is 16.9 Å². The van der Waals surface area contributed by atoms with Crippen LogP contribution < -0.4 is 5.32 Å². The van der Waals surface area contributed by atoms with E-state index in [0.29, 0.717) is 6.54 Å². The summed E-state index contributed by atoms with van der Waals surface area (Å²) in [5, 5.41) is 7.70. The molecule has 0 aliphatic heterocycles. The van der Waals surface area contributed by atoms with Gasteiger partial charge < -0.3 is 5.32 Å². The van der Waals surface area contributed by atoms with E-state index in [1.807, 2.05) is 31.5 Å². The van der Waals surface area contributed by atoms with Gasteiger partial charge in [0.05, 0.1) is 5.69 Å². The van der Waals surface area contributed by atoms with E-state index in [0.717, 1.165) is 33.9 Å². The second-order valence-electron chi connectivity index (χ2n) is 5.09. The summed E-state index contributed by atoms with van der Waals surface area (Å²) < 4.78 is 15.2. The zero-order chi connectivity index (χ0) is 15.5. The second-order valence-corrected chi connectivity index (χ2v) is 5.96. The van der Waals surface area contributed by atoms with Gasteiger partial charge in [-0.05, 0) is 42.5 Å². The Hall–Kier alpha value is -2.08. The summed E-state index contributed by atoms with van der Waals surface area (Å²) in [6.07, 6.45) is 5.55. The first kappa shape index (κ1) is 14.8. The van der Waals surface area contributed by atoms with Gasteiger partial charge in [0.1, 0.15) is 11.3 Å². The fourth-order valence-electron chi connectivity index (χ4n) is 2.42. The molecule has 22 heavy (non-hydrogen) atoms. The summed E-state index contributed by atoms with van der Waals surface area (Å²) in [5.41, 5.74) is 3.97. The van der Waals surface area contributed by atoms with Crippen molar-refractivity contribution in [2.75, 3.05) is 11.6 Å². The molecule has 0 aliphatic rings. The number of aromatic nitrogens is 3. The van der Waals surface area contributed by atoms with Crippen molar-refractivity contribution >= 4 is 23.1 Å². The van der Waals surface area contributed by atoms with Gasteiger partial charge in [0, 0.05) is 24.7 Å². The third kappa shape index (κ3) is 3.06. The summed E-state index contributed by atoms with van der Waals surface area (Å²) in [7, 11) is 0. The minimum absolute atomic E-state index is 0.195. The van der Waals surface area contributed by atoms with Crippen LogP contribution in [0.2, 0.25) is 0 Å². The van der Waals surface area contributed by atoms with E-state index in [1.54, 1.807) is 28.5 Å². The standard InChI is InChI=1S/C16H17FN4S/c1-11-7-15-16(18-5-6-21(15)20-11)19-9-12-3-4-14(17)8-13(12)10-22-2/h3-8H,9-10H2,1-2H3,(H,18,19). The summed E-state index contributed by atoms with van der Waals surface area (Å²) in [6.45, 7) is 2.56. The van der Waals surface area contributed by atoms with E-state index < -0.39 is 0 Å². The molecule has 0 unspecified atom stereocenters. The van der Waals surface area contributed by atoms with Crippen molar-refractivity contribution in [2.45, 2.75) is 19.2 Å². The molecule has 4 nitrogen and oxygen atoms in total. The Morgan fingerprint density at radius 1 is 1.27 bits per heavy atom. The summed E-state index contributed by atoms with van der Waals surface area (Å²) in [4.78, 5) is 4.38. The Balaban J connectivity index is 1.85. The predicted octanol–water partition coefficient (Wildman–Crippen LogP) is 3.65. The molecule has 0 spiro atoms. The van der Waals surface area contributed by atoms with Gasteiger partial charge in [-0.3, -0.25) is 0 Å². The topological polar surface area (TPSA) is 42.2 Å². The number of halogens is 1. The monoisotopic (exact) mass is 316 g/mol. The van der Waals surface area contributed by atoms with Gasteiger partial charge in [-0.1, -0.05) is 6.07 Å². The molecule has 6 heteroatoms. The van der Waals surface area contributed by atoms with Gasteiger partial charge in [0.2, 0.25) is 0 Å². The Morgan fingerprint density at radius 2 is 2.14 bits per heavy atom. The average Bonchev–Trinajstić information content (AvgIpc) is 2.87. The van der Waals surface area contributed by atoms with Crippen molar-refractivity contribution < 1.29 is 4.39 Å². The average molecular weight is 316 g/mol. The largest absolute Gasteiger partial charge is 0.364 e. The highest BCUT2D eigenvalue weighted by molar-refractivity contribution is 7.97. The van der Waals surface area contributed by atoms with E-state index in [1.165, 1.54) is 6.07 Å². The molecule has 0 radical (unpaired) electrons. The Labute approximate surface area is 132 Å². The first-order valence-electron chi connectivity index (χ1n) is 6.98. The minimum Gasteiger partial charge on any atom is -0.364 e. The lowest BCUT2D eigenvalue weighted by Gasteiger charge is -2.11. The number of hydrogen-bond donors (Lipinski definition) is 1. The van der Waals surface area contributed by atoms with Crippen molar-refractivity contribution in [1.29, 1.82) is 0 Å². The fraction of sp³-hybridized carbons (Fsp3) is 0.250. The van der Waals surface area contributed by atoms with Crippen molar-refractivity contribution in [3.05, 3.63) is 59.3 Å². The highest BCUT2D eigenvalue weighted by atomic mass is 32.2. The van der Waals surface area contributed by atoms with Crippen LogP contribution in [0.3, 0.4) is 0 Å². The summed E-state index contributed by atoms with van der Waals surface area (Å²) in [6, 6.07) is 6.92. The van der Waals surface area contributed by atoms with Crippen molar-refractivity contribution in [1.82, 2.24) is 14.6 Å². The molecule has 1 N–H and O–H groups in total. The van der Waals surface area contributed by atoms with Gasteiger partial charge >= 0.3 is 0 Å². The van der Waals surface area contributed by atoms with Gasteiger partial charge in [0.25, 0.3) is 0 Å². The minimum atomic E-state index is -0.195. The van der Waals surface area contributed by atoms with E-state index >= 15 is 0 Å². The normalized spacial score (nSPS) is 11.0. The zero-order valence-corrected chi connectivity index (χ0v) is 13.3. The van der Waals surface area contributed by atoms with Crippen LogP contribution in [0.5, 0.6) is 0 Å². The van der Waals surface area contributed by atoms with Gasteiger partial charge in [-0.15, -0.1) is 0 Å². The molecule has 2 aromatic heterocycles. The molecular weight excluding hydrogens is 299 g/mol. The summed E-state index contributed by atoms with van der Waals surface area (Å²) >= 11 is 1.68. The molecule has 114 valence electrons. The smallest absolute Gasteiger partial charge is 0.152 e. The first-order chi connectivity index (χ1) is 10.7. The lowest BCUT2D eigenvalue weighted by molar-refractivity contribution is 0.625. The Bertz CT molecular complexity index is 800. The number of rotatable bonds is 5. The van der Waals surface area contributed by atoms with Crippen LogP contribution in [0.25, 0.3) is 5.52 Å². The number of nitrogens with zero attached hydrogens (tertiary/aromatic N) is 3. The van der Waals surface area contributed by atoms with Crippen molar-refractivity contribution in [3.63, 3.8) is 0 Å². The number of anilines is 1.